The Morgan fingerprint density at radius 2 is 1.68 bits per heavy atom. The summed E-state index contributed by atoms with van der Waals surface area (Å²) in [6, 6.07) is 9.92. The third-order valence-electron chi connectivity index (χ3n) is 6.78. The van der Waals surface area contributed by atoms with E-state index in [4.69, 9.17) is 4.52 Å². The quantitative estimate of drug-likeness (QED) is 0.372. The van der Waals surface area contributed by atoms with Crippen LogP contribution >= 0.6 is 15.9 Å². The van der Waals surface area contributed by atoms with Gasteiger partial charge < -0.3 is 9.84 Å². The third kappa shape index (κ3) is 5.89. The van der Waals surface area contributed by atoms with Gasteiger partial charge in [0, 0.05) is 23.5 Å². The summed E-state index contributed by atoms with van der Waals surface area (Å²) in [7, 11) is -3.84. The molecular formula is C28H32BrN3O4S. The number of benzene rings is 2. The molecule has 1 N–H and O–H groups in total. The van der Waals surface area contributed by atoms with Crippen molar-refractivity contribution in [1.82, 2.24) is 9.46 Å². The Bertz CT molecular complexity index is 1450. The van der Waals surface area contributed by atoms with Gasteiger partial charge in [-0.25, -0.2) is 8.42 Å². The number of carbonyl (C=O) groups excluding carboxylic acids is 1. The maximum atomic E-state index is 13.6. The van der Waals surface area contributed by atoms with Crippen LogP contribution in [0.5, 0.6) is 0 Å². The molecule has 37 heavy (non-hydrogen) atoms. The first-order valence-corrected chi connectivity index (χ1v) is 14.5. The lowest BCUT2D eigenvalue weighted by atomic mass is 9.97. The van der Waals surface area contributed by atoms with E-state index in [2.05, 4.69) is 38.5 Å². The monoisotopic (exact) mass is 585 g/mol. The second-order valence-electron chi connectivity index (χ2n) is 9.76. The highest BCUT2D eigenvalue weighted by Gasteiger charge is 2.36. The fourth-order valence-corrected chi connectivity index (χ4v) is 7.17. The van der Waals surface area contributed by atoms with Crippen LogP contribution in [-0.2, 0) is 14.8 Å². The van der Waals surface area contributed by atoms with Crippen LogP contribution in [0.25, 0.3) is 12.2 Å². The molecular weight excluding hydrogens is 554 g/mol. The van der Waals surface area contributed by atoms with E-state index in [0.717, 1.165) is 26.7 Å². The topological polar surface area (TPSA) is 92.5 Å². The number of aromatic nitrogens is 1. The molecule has 1 aromatic heterocycles. The van der Waals surface area contributed by atoms with Gasteiger partial charge in [-0.2, -0.15) is 4.31 Å². The zero-order valence-electron chi connectivity index (χ0n) is 21.8. The maximum absolute atomic E-state index is 13.6. The van der Waals surface area contributed by atoms with Gasteiger partial charge in [-0.1, -0.05) is 35.0 Å². The molecule has 1 aliphatic rings. The number of hydrogen-bond donors (Lipinski definition) is 1. The Morgan fingerprint density at radius 3 is 2.30 bits per heavy atom. The van der Waals surface area contributed by atoms with E-state index >= 15 is 0 Å². The van der Waals surface area contributed by atoms with Crippen molar-refractivity contribution in [2.75, 3.05) is 18.4 Å². The largest absolute Gasteiger partial charge is 0.355 e. The fraction of sp³-hybridized carbons (Fsp3) is 0.357. The Morgan fingerprint density at radius 1 is 1.03 bits per heavy atom. The Kier molecular flexibility index (Phi) is 8.06. The van der Waals surface area contributed by atoms with E-state index < -0.39 is 10.0 Å². The van der Waals surface area contributed by atoms with Gasteiger partial charge in [-0.3, -0.25) is 4.79 Å². The van der Waals surface area contributed by atoms with Crippen molar-refractivity contribution < 1.29 is 17.7 Å². The van der Waals surface area contributed by atoms with Crippen molar-refractivity contribution in [3.63, 3.8) is 0 Å². The predicted molar refractivity (Wildman–Crippen MR) is 150 cm³/mol. The molecule has 3 aromatic rings. The van der Waals surface area contributed by atoms with Gasteiger partial charge in [0.2, 0.25) is 15.9 Å². The number of piperidine rings is 1. The van der Waals surface area contributed by atoms with Gasteiger partial charge in [-0.05, 0) is 104 Å². The molecule has 1 saturated heterocycles. The summed E-state index contributed by atoms with van der Waals surface area (Å²) in [5.74, 6) is -0.161. The number of rotatable bonds is 6. The van der Waals surface area contributed by atoms with E-state index in [1.54, 1.807) is 13.0 Å². The molecule has 0 spiro atoms. The smallest absolute Gasteiger partial charge is 0.248 e. The number of anilines is 1. The summed E-state index contributed by atoms with van der Waals surface area (Å²) < 4.78 is 34.9. The lowest BCUT2D eigenvalue weighted by molar-refractivity contribution is -0.120. The van der Waals surface area contributed by atoms with Crippen LogP contribution in [0.3, 0.4) is 0 Å². The van der Waals surface area contributed by atoms with Gasteiger partial charge in [0.15, 0.2) is 10.7 Å². The average Bonchev–Trinajstić information content (AvgIpc) is 3.21. The van der Waals surface area contributed by atoms with Gasteiger partial charge >= 0.3 is 0 Å². The summed E-state index contributed by atoms with van der Waals surface area (Å²) >= 11 is 3.49. The van der Waals surface area contributed by atoms with E-state index in [-0.39, 0.29) is 35.6 Å². The summed E-state index contributed by atoms with van der Waals surface area (Å²) in [5, 5.41) is 6.92. The Hall–Kier alpha value is -2.75. The van der Waals surface area contributed by atoms with Crippen molar-refractivity contribution in [1.29, 1.82) is 0 Å². The summed E-state index contributed by atoms with van der Waals surface area (Å²) in [4.78, 5) is 12.9. The highest BCUT2D eigenvalue weighted by atomic mass is 79.9. The van der Waals surface area contributed by atoms with E-state index in [9.17, 15) is 13.2 Å². The first-order valence-electron chi connectivity index (χ1n) is 12.3. The van der Waals surface area contributed by atoms with E-state index in [1.165, 1.54) is 9.87 Å². The van der Waals surface area contributed by atoms with Crippen LogP contribution in [0.2, 0.25) is 0 Å². The molecule has 0 aliphatic carbocycles. The van der Waals surface area contributed by atoms with Crippen LogP contribution in [0.4, 0.5) is 5.69 Å². The molecule has 4 rings (SSSR count). The lowest BCUT2D eigenvalue weighted by Crippen LogP contribution is -2.41. The number of aryl methyl sites for hydroxylation is 5. The Balaban J connectivity index is 1.48. The molecule has 1 fully saturated rings. The first-order chi connectivity index (χ1) is 17.5. The minimum Gasteiger partial charge on any atom is -0.355 e. The maximum Gasteiger partial charge on any atom is 0.248 e. The van der Waals surface area contributed by atoms with Gasteiger partial charge in [0.25, 0.3) is 0 Å². The molecule has 0 saturated carbocycles. The van der Waals surface area contributed by atoms with Crippen LogP contribution in [0.1, 0.15) is 52.1 Å². The molecule has 0 bridgehead atoms. The molecule has 7 nitrogen and oxygen atoms in total. The van der Waals surface area contributed by atoms with Crippen LogP contribution in [0, 0.1) is 40.5 Å². The zero-order valence-corrected chi connectivity index (χ0v) is 24.2. The van der Waals surface area contributed by atoms with Gasteiger partial charge in [0.1, 0.15) is 5.69 Å². The number of nitrogens with one attached hydrogen (secondary N) is 1. The van der Waals surface area contributed by atoms with Crippen LogP contribution in [0.15, 0.2) is 44.2 Å². The number of sulfonamides is 1. The summed E-state index contributed by atoms with van der Waals surface area (Å²) in [6.07, 6.45) is 4.43. The summed E-state index contributed by atoms with van der Waals surface area (Å²) in [5.41, 5.74) is 6.53. The second kappa shape index (κ2) is 10.9. The highest BCUT2D eigenvalue weighted by Crippen LogP contribution is 2.31. The van der Waals surface area contributed by atoms with Crippen molar-refractivity contribution in [2.24, 2.45) is 5.92 Å². The number of amides is 1. The molecule has 196 valence electrons. The molecule has 1 amide bonds. The molecule has 0 unspecified atom stereocenters. The fourth-order valence-electron chi connectivity index (χ4n) is 4.86. The molecule has 0 radical (unpaired) electrons. The van der Waals surface area contributed by atoms with E-state index in [1.807, 2.05) is 52.0 Å². The van der Waals surface area contributed by atoms with Crippen molar-refractivity contribution >= 4 is 49.7 Å². The molecule has 1 aliphatic heterocycles. The molecule has 0 atom stereocenters. The van der Waals surface area contributed by atoms with E-state index in [0.29, 0.717) is 24.2 Å². The van der Waals surface area contributed by atoms with Gasteiger partial charge in [0.05, 0.1) is 5.69 Å². The molecule has 2 heterocycles. The Labute approximate surface area is 227 Å². The average molecular weight is 587 g/mol. The normalized spacial score (nSPS) is 15.4. The van der Waals surface area contributed by atoms with Crippen molar-refractivity contribution in [3.05, 3.63) is 74.1 Å². The minimum absolute atomic E-state index is 0.0812. The lowest BCUT2D eigenvalue weighted by Gasteiger charge is -2.30. The van der Waals surface area contributed by atoms with Gasteiger partial charge in [-0.15, -0.1) is 0 Å². The first kappa shape index (κ1) is 27.3. The zero-order chi connectivity index (χ0) is 26.9. The van der Waals surface area contributed by atoms with Crippen LogP contribution < -0.4 is 5.32 Å². The minimum atomic E-state index is -3.84. The van der Waals surface area contributed by atoms with Crippen molar-refractivity contribution in [3.8, 4) is 0 Å². The second-order valence-corrected chi connectivity index (χ2v) is 12.5. The van der Waals surface area contributed by atoms with Crippen molar-refractivity contribution in [2.45, 2.75) is 52.4 Å². The van der Waals surface area contributed by atoms with Crippen LogP contribution in [-0.4, -0.2) is 36.9 Å². The molecule has 2 aromatic carbocycles. The highest BCUT2D eigenvalue weighted by molar-refractivity contribution is 9.10. The number of nitrogens with zero attached hydrogens (tertiary/aromatic N) is 2. The third-order valence-corrected chi connectivity index (χ3v) is 9.49. The summed E-state index contributed by atoms with van der Waals surface area (Å²) in [6.45, 7) is 10.2. The molecule has 9 heteroatoms. The SMILES string of the molecule is Cc1cc(C)c(C=Cc2onc(C)c2S(=O)(=O)N2CCC(C(=O)Nc3ccc(C)cc3Br)CC2)c(C)c1. The predicted octanol–water partition coefficient (Wildman–Crippen LogP) is 6.19. The number of halogens is 1. The standard InChI is InChI=1S/C28H32BrN3O4S/c1-17-6-8-25(24(29)16-17)30-28(33)22-10-12-32(13-11-22)37(34,35)27-21(5)31-36-26(27)9-7-23-19(3)14-18(2)15-20(23)4/h6-9,14-16,22H,10-13H2,1-5H3,(H,30,33). The number of carbonyl (C=O) groups is 1. The number of hydrogen-bond acceptors (Lipinski definition) is 5.